The predicted octanol–water partition coefficient (Wildman–Crippen LogP) is 0.961. The minimum Gasteiger partial charge on any atom is -0.382 e. The van der Waals surface area contributed by atoms with Crippen molar-refractivity contribution in [1.29, 1.82) is 0 Å². The van der Waals surface area contributed by atoms with E-state index in [0.29, 0.717) is 12.2 Å². The van der Waals surface area contributed by atoms with Crippen LogP contribution in [0.3, 0.4) is 0 Å². The summed E-state index contributed by atoms with van der Waals surface area (Å²) in [5.41, 5.74) is 7.63. The molecule has 1 aromatic heterocycles. The van der Waals surface area contributed by atoms with Crippen molar-refractivity contribution in [3.63, 3.8) is 0 Å². The summed E-state index contributed by atoms with van der Waals surface area (Å²) >= 11 is 0. The van der Waals surface area contributed by atoms with Crippen LogP contribution in [0.15, 0.2) is 28.8 Å². The van der Waals surface area contributed by atoms with E-state index in [4.69, 9.17) is 10.3 Å². The molecule has 2 aromatic rings. The van der Waals surface area contributed by atoms with Crippen molar-refractivity contribution in [1.82, 2.24) is 10.1 Å². The molecule has 5 heteroatoms. The standard InChI is InChI=1S/C12H15N3O2/c1-8-4-2-3-5-9(8)6-11-14-12(17-15-11)10(16)7-13/h2-5,10,16H,6-7,13H2,1H3/t10-/m0/s1. The van der Waals surface area contributed by atoms with E-state index < -0.39 is 6.10 Å². The third-order valence-electron chi connectivity index (χ3n) is 2.60. The van der Waals surface area contributed by atoms with Crippen LogP contribution in [0.5, 0.6) is 0 Å². The van der Waals surface area contributed by atoms with Crippen LogP contribution in [0, 0.1) is 6.92 Å². The number of rotatable bonds is 4. The van der Waals surface area contributed by atoms with Crippen LogP contribution in [0.2, 0.25) is 0 Å². The topological polar surface area (TPSA) is 85.2 Å². The average molecular weight is 233 g/mol. The number of aryl methyl sites for hydroxylation is 1. The number of hydrogen-bond acceptors (Lipinski definition) is 5. The average Bonchev–Trinajstić information content (AvgIpc) is 2.80. The predicted molar refractivity (Wildman–Crippen MR) is 62.3 cm³/mol. The highest BCUT2D eigenvalue weighted by Gasteiger charge is 2.14. The van der Waals surface area contributed by atoms with Crippen molar-refractivity contribution in [3.05, 3.63) is 47.1 Å². The first kappa shape index (κ1) is 11.8. The monoisotopic (exact) mass is 233 g/mol. The number of benzene rings is 1. The van der Waals surface area contributed by atoms with Crippen LogP contribution in [-0.4, -0.2) is 21.8 Å². The first-order chi connectivity index (χ1) is 8.20. The second kappa shape index (κ2) is 5.07. The molecule has 0 spiro atoms. The Labute approximate surface area is 99.3 Å². The number of hydrogen-bond donors (Lipinski definition) is 2. The lowest BCUT2D eigenvalue weighted by atomic mass is 10.1. The van der Waals surface area contributed by atoms with Gasteiger partial charge in [-0.1, -0.05) is 29.4 Å². The van der Waals surface area contributed by atoms with E-state index in [2.05, 4.69) is 10.1 Å². The molecule has 3 N–H and O–H groups in total. The zero-order valence-corrected chi connectivity index (χ0v) is 9.63. The van der Waals surface area contributed by atoms with E-state index >= 15 is 0 Å². The molecule has 0 aliphatic heterocycles. The fraction of sp³-hybridized carbons (Fsp3) is 0.333. The number of aromatic nitrogens is 2. The molecule has 17 heavy (non-hydrogen) atoms. The van der Waals surface area contributed by atoms with Crippen LogP contribution in [0.1, 0.15) is 28.9 Å². The molecule has 0 saturated heterocycles. The molecule has 1 aromatic carbocycles. The lowest BCUT2D eigenvalue weighted by Gasteiger charge is -2.01. The summed E-state index contributed by atoms with van der Waals surface area (Å²) in [5.74, 6) is 0.734. The van der Waals surface area contributed by atoms with E-state index in [0.717, 1.165) is 5.56 Å². The van der Waals surface area contributed by atoms with Gasteiger partial charge >= 0.3 is 0 Å². The Morgan fingerprint density at radius 1 is 1.41 bits per heavy atom. The molecule has 0 aliphatic carbocycles. The molecular formula is C12H15N3O2. The summed E-state index contributed by atoms with van der Waals surface area (Å²) in [4.78, 5) is 4.11. The van der Waals surface area contributed by atoms with Crippen LogP contribution in [0.25, 0.3) is 0 Å². The molecule has 5 nitrogen and oxygen atoms in total. The maximum Gasteiger partial charge on any atom is 0.256 e. The summed E-state index contributed by atoms with van der Waals surface area (Å²) in [7, 11) is 0. The van der Waals surface area contributed by atoms with Crippen molar-refractivity contribution in [3.8, 4) is 0 Å². The Morgan fingerprint density at radius 2 is 2.18 bits per heavy atom. The smallest absolute Gasteiger partial charge is 0.256 e. The zero-order valence-electron chi connectivity index (χ0n) is 9.63. The summed E-state index contributed by atoms with van der Waals surface area (Å²) in [5, 5.41) is 13.3. The molecule has 0 bridgehead atoms. The van der Waals surface area contributed by atoms with Gasteiger partial charge in [0.2, 0.25) is 0 Å². The summed E-state index contributed by atoms with van der Waals surface area (Å²) in [6.07, 6.45) is -0.291. The van der Waals surface area contributed by atoms with Gasteiger partial charge in [-0.15, -0.1) is 0 Å². The number of aliphatic hydroxyl groups is 1. The fourth-order valence-corrected chi connectivity index (χ4v) is 1.55. The van der Waals surface area contributed by atoms with E-state index in [1.807, 2.05) is 31.2 Å². The van der Waals surface area contributed by atoms with Gasteiger partial charge in [-0.25, -0.2) is 0 Å². The zero-order chi connectivity index (χ0) is 12.3. The van der Waals surface area contributed by atoms with Crippen LogP contribution >= 0.6 is 0 Å². The highest BCUT2D eigenvalue weighted by atomic mass is 16.5. The Hall–Kier alpha value is -1.72. The highest BCUT2D eigenvalue weighted by molar-refractivity contribution is 5.27. The van der Waals surface area contributed by atoms with Gasteiger partial charge in [-0.05, 0) is 18.1 Å². The molecule has 0 aliphatic rings. The summed E-state index contributed by atoms with van der Waals surface area (Å²) in [6, 6.07) is 8.01. The lowest BCUT2D eigenvalue weighted by molar-refractivity contribution is 0.141. The maximum absolute atomic E-state index is 9.44. The van der Waals surface area contributed by atoms with E-state index in [1.54, 1.807) is 0 Å². The highest BCUT2D eigenvalue weighted by Crippen LogP contribution is 2.13. The van der Waals surface area contributed by atoms with Gasteiger partial charge in [-0.2, -0.15) is 4.98 Å². The van der Waals surface area contributed by atoms with Crippen LogP contribution < -0.4 is 5.73 Å². The summed E-state index contributed by atoms with van der Waals surface area (Å²) in [6.45, 7) is 2.11. The van der Waals surface area contributed by atoms with Crippen molar-refractivity contribution in [2.75, 3.05) is 6.54 Å². The van der Waals surface area contributed by atoms with Crippen LogP contribution in [0.4, 0.5) is 0 Å². The first-order valence-corrected chi connectivity index (χ1v) is 5.46. The minimum absolute atomic E-state index is 0.0754. The Balaban J connectivity index is 2.14. The number of aliphatic hydroxyl groups excluding tert-OH is 1. The Bertz CT molecular complexity index is 496. The molecule has 0 radical (unpaired) electrons. The van der Waals surface area contributed by atoms with Gasteiger partial charge in [0.1, 0.15) is 6.10 Å². The van der Waals surface area contributed by atoms with Gasteiger partial charge < -0.3 is 15.4 Å². The third-order valence-corrected chi connectivity index (χ3v) is 2.60. The van der Waals surface area contributed by atoms with E-state index in [9.17, 15) is 5.11 Å². The summed E-state index contributed by atoms with van der Waals surface area (Å²) < 4.78 is 4.94. The quantitative estimate of drug-likeness (QED) is 0.821. The Morgan fingerprint density at radius 3 is 2.88 bits per heavy atom. The molecule has 1 heterocycles. The molecule has 2 rings (SSSR count). The van der Waals surface area contributed by atoms with Gasteiger partial charge in [0, 0.05) is 13.0 Å². The molecule has 0 amide bonds. The normalized spacial score (nSPS) is 12.6. The molecular weight excluding hydrogens is 218 g/mol. The minimum atomic E-state index is -0.881. The molecule has 0 unspecified atom stereocenters. The number of nitrogens with zero attached hydrogens (tertiary/aromatic N) is 2. The second-order valence-electron chi connectivity index (χ2n) is 3.90. The van der Waals surface area contributed by atoms with Gasteiger partial charge in [-0.3, -0.25) is 0 Å². The van der Waals surface area contributed by atoms with E-state index in [1.165, 1.54) is 5.56 Å². The molecule has 90 valence electrons. The first-order valence-electron chi connectivity index (χ1n) is 5.46. The fourth-order valence-electron chi connectivity index (χ4n) is 1.55. The van der Waals surface area contributed by atoms with Crippen molar-refractivity contribution in [2.45, 2.75) is 19.4 Å². The van der Waals surface area contributed by atoms with Gasteiger partial charge in [0.25, 0.3) is 5.89 Å². The Kier molecular flexibility index (Phi) is 3.51. The van der Waals surface area contributed by atoms with E-state index in [-0.39, 0.29) is 12.4 Å². The van der Waals surface area contributed by atoms with Crippen molar-refractivity contribution in [2.24, 2.45) is 5.73 Å². The third kappa shape index (κ3) is 2.69. The second-order valence-corrected chi connectivity index (χ2v) is 3.90. The van der Waals surface area contributed by atoms with Gasteiger partial charge in [0.05, 0.1) is 0 Å². The SMILES string of the molecule is Cc1ccccc1Cc1noc([C@@H](O)CN)n1. The van der Waals surface area contributed by atoms with Crippen molar-refractivity contribution < 1.29 is 9.63 Å². The number of nitrogens with two attached hydrogens (primary N) is 1. The molecule has 1 atom stereocenters. The van der Waals surface area contributed by atoms with Gasteiger partial charge in [0.15, 0.2) is 5.82 Å². The van der Waals surface area contributed by atoms with Crippen LogP contribution in [-0.2, 0) is 6.42 Å². The molecule has 0 fully saturated rings. The largest absolute Gasteiger partial charge is 0.382 e. The lowest BCUT2D eigenvalue weighted by Crippen LogP contribution is -2.11. The maximum atomic E-state index is 9.44. The van der Waals surface area contributed by atoms with Crippen molar-refractivity contribution >= 4 is 0 Å². The molecule has 0 saturated carbocycles.